The van der Waals surface area contributed by atoms with Crippen LogP contribution >= 0.6 is 0 Å². The summed E-state index contributed by atoms with van der Waals surface area (Å²) in [6, 6.07) is 0. The van der Waals surface area contributed by atoms with Crippen LogP contribution in [0.1, 0.15) is 20.8 Å². The third kappa shape index (κ3) is 10.5. The molecule has 0 atom stereocenters. The monoisotopic (exact) mass is 307 g/mol. The third-order valence-electron chi connectivity index (χ3n) is 2.58. The summed E-state index contributed by atoms with van der Waals surface area (Å²) in [4.78, 5) is 24.5. The number of hydrogen-bond acceptors (Lipinski definition) is 5. The van der Waals surface area contributed by atoms with Crippen molar-refractivity contribution in [2.75, 3.05) is 26.3 Å². The first-order valence-electron chi connectivity index (χ1n) is 7.26. The lowest BCUT2D eigenvalue weighted by Crippen LogP contribution is -2.14. The van der Waals surface area contributed by atoms with Crippen LogP contribution in [0.2, 0.25) is 0 Å². The van der Waals surface area contributed by atoms with Gasteiger partial charge in [-0.05, 0) is 33.0 Å². The largest absolute Gasteiger partial charge is 0.459 e. The molecular formula is C17H25NO4. The Morgan fingerprint density at radius 2 is 1.59 bits per heavy atom. The highest BCUT2D eigenvalue weighted by atomic mass is 16.6. The molecule has 0 aliphatic carbocycles. The minimum atomic E-state index is -0.491. The molecule has 0 bridgehead atoms. The minimum Gasteiger partial charge on any atom is -0.459 e. The predicted molar refractivity (Wildman–Crippen MR) is 87.1 cm³/mol. The van der Waals surface area contributed by atoms with Gasteiger partial charge in [-0.2, -0.15) is 0 Å². The van der Waals surface area contributed by atoms with Gasteiger partial charge < -0.3 is 14.4 Å². The van der Waals surface area contributed by atoms with Crippen molar-refractivity contribution in [3.05, 3.63) is 48.7 Å². The van der Waals surface area contributed by atoms with E-state index in [0.717, 1.165) is 13.1 Å². The van der Waals surface area contributed by atoms with Crippen LogP contribution in [0, 0.1) is 0 Å². The molecule has 0 aliphatic rings. The standard InChI is InChI=1S/C17H25NO4/c1-5-18(6-2)12-10-8-7-9-11-16(19)21-13-14-22-17(20)15(3)4/h7-12H,3,5-6,13-14H2,1-2,4H3/b8-7-,11-9+,12-10+. The summed E-state index contributed by atoms with van der Waals surface area (Å²) >= 11 is 0. The number of ether oxygens (including phenoxy) is 2. The zero-order valence-corrected chi connectivity index (χ0v) is 13.6. The zero-order valence-electron chi connectivity index (χ0n) is 13.6. The van der Waals surface area contributed by atoms with Crippen LogP contribution in [-0.4, -0.2) is 43.1 Å². The van der Waals surface area contributed by atoms with Crippen molar-refractivity contribution in [3.8, 4) is 0 Å². The summed E-state index contributed by atoms with van der Waals surface area (Å²) in [5.74, 6) is -0.974. The summed E-state index contributed by atoms with van der Waals surface area (Å²) < 4.78 is 9.65. The van der Waals surface area contributed by atoms with E-state index in [9.17, 15) is 9.59 Å². The molecule has 0 amide bonds. The Morgan fingerprint density at radius 3 is 2.18 bits per heavy atom. The fourth-order valence-electron chi connectivity index (χ4n) is 1.32. The van der Waals surface area contributed by atoms with Gasteiger partial charge in [-0.1, -0.05) is 24.8 Å². The fraction of sp³-hybridized carbons (Fsp3) is 0.412. The summed E-state index contributed by atoms with van der Waals surface area (Å²) in [5, 5.41) is 0. The van der Waals surface area contributed by atoms with E-state index in [4.69, 9.17) is 9.47 Å². The smallest absolute Gasteiger partial charge is 0.333 e. The maximum atomic E-state index is 11.3. The van der Waals surface area contributed by atoms with Crippen LogP contribution in [0.15, 0.2) is 48.7 Å². The van der Waals surface area contributed by atoms with Crippen molar-refractivity contribution in [2.45, 2.75) is 20.8 Å². The van der Waals surface area contributed by atoms with Crippen LogP contribution < -0.4 is 0 Å². The van der Waals surface area contributed by atoms with Crippen LogP contribution in [0.4, 0.5) is 0 Å². The number of allylic oxidation sites excluding steroid dienone is 4. The molecule has 0 saturated carbocycles. The Labute approximate surface area is 132 Å². The van der Waals surface area contributed by atoms with Crippen molar-refractivity contribution >= 4 is 11.9 Å². The van der Waals surface area contributed by atoms with E-state index >= 15 is 0 Å². The molecule has 5 heteroatoms. The lowest BCUT2D eigenvalue weighted by molar-refractivity contribution is -0.146. The Bertz CT molecular complexity index is 446. The predicted octanol–water partition coefficient (Wildman–Crippen LogP) is 2.62. The molecule has 0 N–H and O–H groups in total. The molecule has 0 rings (SSSR count). The number of rotatable bonds is 10. The number of hydrogen-bond donors (Lipinski definition) is 0. The second-order valence-corrected chi connectivity index (χ2v) is 4.39. The first-order valence-corrected chi connectivity index (χ1v) is 7.26. The van der Waals surface area contributed by atoms with E-state index in [0.29, 0.717) is 5.57 Å². The first-order chi connectivity index (χ1) is 10.5. The van der Waals surface area contributed by atoms with Crippen molar-refractivity contribution < 1.29 is 19.1 Å². The van der Waals surface area contributed by atoms with Gasteiger partial charge in [0.15, 0.2) is 0 Å². The Hall–Kier alpha value is -2.30. The van der Waals surface area contributed by atoms with Gasteiger partial charge in [0.2, 0.25) is 0 Å². The van der Waals surface area contributed by atoms with Gasteiger partial charge in [-0.3, -0.25) is 0 Å². The number of nitrogens with zero attached hydrogens (tertiary/aromatic N) is 1. The average molecular weight is 307 g/mol. The van der Waals surface area contributed by atoms with E-state index in [1.807, 2.05) is 18.4 Å². The lowest BCUT2D eigenvalue weighted by Gasteiger charge is -2.13. The fourth-order valence-corrected chi connectivity index (χ4v) is 1.32. The number of carbonyl (C=O) groups is 2. The van der Waals surface area contributed by atoms with Crippen LogP contribution in [-0.2, 0) is 19.1 Å². The van der Waals surface area contributed by atoms with Gasteiger partial charge in [0, 0.05) is 24.7 Å². The van der Waals surface area contributed by atoms with Crippen molar-refractivity contribution in [2.24, 2.45) is 0 Å². The van der Waals surface area contributed by atoms with E-state index < -0.39 is 11.9 Å². The van der Waals surface area contributed by atoms with E-state index in [2.05, 4.69) is 25.3 Å². The van der Waals surface area contributed by atoms with Crippen LogP contribution in [0.25, 0.3) is 0 Å². The molecule has 5 nitrogen and oxygen atoms in total. The van der Waals surface area contributed by atoms with E-state index in [1.54, 1.807) is 19.1 Å². The minimum absolute atomic E-state index is 0.0215. The second kappa shape index (κ2) is 12.4. The highest BCUT2D eigenvalue weighted by Gasteiger charge is 2.03. The van der Waals surface area contributed by atoms with Gasteiger partial charge in [0.25, 0.3) is 0 Å². The van der Waals surface area contributed by atoms with E-state index in [-0.39, 0.29) is 13.2 Å². The van der Waals surface area contributed by atoms with Crippen molar-refractivity contribution in [1.29, 1.82) is 0 Å². The molecule has 0 aromatic heterocycles. The Morgan fingerprint density at radius 1 is 1.00 bits per heavy atom. The highest BCUT2D eigenvalue weighted by molar-refractivity contribution is 5.87. The van der Waals surface area contributed by atoms with Crippen molar-refractivity contribution in [3.63, 3.8) is 0 Å². The Balaban J connectivity index is 3.87. The molecule has 0 spiro atoms. The summed E-state index contributed by atoms with van der Waals surface area (Å²) in [7, 11) is 0. The molecule has 0 aromatic rings. The maximum Gasteiger partial charge on any atom is 0.333 e. The van der Waals surface area contributed by atoms with Crippen LogP contribution in [0.3, 0.4) is 0 Å². The third-order valence-corrected chi connectivity index (χ3v) is 2.58. The molecule has 0 radical (unpaired) electrons. The summed E-state index contributed by atoms with van der Waals surface area (Å²) in [6.07, 6.45) is 10.4. The molecule has 22 heavy (non-hydrogen) atoms. The maximum absolute atomic E-state index is 11.3. The zero-order chi connectivity index (χ0) is 16.8. The van der Waals surface area contributed by atoms with Crippen molar-refractivity contribution in [1.82, 2.24) is 4.90 Å². The second-order valence-electron chi connectivity index (χ2n) is 4.39. The quantitative estimate of drug-likeness (QED) is 0.269. The lowest BCUT2D eigenvalue weighted by atomic mass is 10.4. The molecule has 0 aromatic carbocycles. The Kier molecular flexibility index (Phi) is 11.1. The van der Waals surface area contributed by atoms with Gasteiger partial charge >= 0.3 is 11.9 Å². The molecule has 0 saturated heterocycles. The van der Waals surface area contributed by atoms with Gasteiger partial charge in [0.05, 0.1) is 0 Å². The van der Waals surface area contributed by atoms with Gasteiger partial charge in [0.1, 0.15) is 13.2 Å². The topological polar surface area (TPSA) is 55.8 Å². The van der Waals surface area contributed by atoms with Gasteiger partial charge in [-0.25, -0.2) is 9.59 Å². The van der Waals surface area contributed by atoms with Gasteiger partial charge in [-0.15, -0.1) is 0 Å². The van der Waals surface area contributed by atoms with Crippen LogP contribution in [0.5, 0.6) is 0 Å². The molecular weight excluding hydrogens is 282 g/mol. The molecule has 0 heterocycles. The number of esters is 2. The summed E-state index contributed by atoms with van der Waals surface area (Å²) in [6.45, 7) is 11.1. The molecule has 0 aliphatic heterocycles. The summed E-state index contributed by atoms with van der Waals surface area (Å²) in [5.41, 5.74) is 0.314. The SMILES string of the molecule is C=C(C)C(=O)OCCOC(=O)/C=C/C=C\C=C\N(CC)CC. The molecule has 0 fully saturated rings. The number of carbonyl (C=O) groups excluding carboxylic acids is 2. The van der Waals surface area contributed by atoms with E-state index in [1.165, 1.54) is 6.08 Å². The first kappa shape index (κ1) is 19.7. The highest BCUT2D eigenvalue weighted by Crippen LogP contribution is 1.92. The molecule has 0 unspecified atom stereocenters. The average Bonchev–Trinajstić information content (AvgIpc) is 2.50. The normalized spacial score (nSPS) is 11.2. The molecule has 122 valence electrons.